The Kier molecular flexibility index (Phi) is 4.20. The summed E-state index contributed by atoms with van der Waals surface area (Å²) in [5.74, 6) is 0. The van der Waals surface area contributed by atoms with Gasteiger partial charge in [-0.15, -0.1) is 0 Å². The van der Waals surface area contributed by atoms with Gasteiger partial charge in [0.2, 0.25) is 0 Å². The van der Waals surface area contributed by atoms with E-state index in [-0.39, 0.29) is 5.54 Å². The SMILES string of the molecule is CCCCCN(C)CC1(N)CCC1. The third kappa shape index (κ3) is 3.65. The Morgan fingerprint density at radius 1 is 1.31 bits per heavy atom. The lowest BCUT2D eigenvalue weighted by molar-refractivity contribution is 0.164. The van der Waals surface area contributed by atoms with Gasteiger partial charge >= 0.3 is 0 Å². The van der Waals surface area contributed by atoms with Crippen molar-refractivity contribution in [2.24, 2.45) is 5.73 Å². The van der Waals surface area contributed by atoms with Crippen molar-refractivity contribution in [1.29, 1.82) is 0 Å². The van der Waals surface area contributed by atoms with Gasteiger partial charge in [0.1, 0.15) is 0 Å². The van der Waals surface area contributed by atoms with Crippen LogP contribution in [-0.4, -0.2) is 30.6 Å². The Morgan fingerprint density at radius 3 is 2.46 bits per heavy atom. The molecule has 1 aliphatic carbocycles. The third-order valence-corrected chi connectivity index (χ3v) is 3.08. The van der Waals surface area contributed by atoms with Crippen molar-refractivity contribution in [2.45, 2.75) is 51.0 Å². The van der Waals surface area contributed by atoms with Crippen LogP contribution in [0.4, 0.5) is 0 Å². The summed E-state index contributed by atoms with van der Waals surface area (Å²) in [5, 5.41) is 0. The zero-order chi connectivity index (χ0) is 9.73. The molecule has 13 heavy (non-hydrogen) atoms. The summed E-state index contributed by atoms with van der Waals surface area (Å²) in [6, 6.07) is 0. The molecule has 0 aromatic rings. The molecule has 0 atom stereocenters. The predicted molar refractivity (Wildman–Crippen MR) is 57.8 cm³/mol. The highest BCUT2D eigenvalue weighted by Gasteiger charge is 2.33. The fourth-order valence-electron chi connectivity index (χ4n) is 2.04. The Morgan fingerprint density at radius 2 is 2.00 bits per heavy atom. The number of rotatable bonds is 6. The van der Waals surface area contributed by atoms with Crippen LogP contribution in [0.5, 0.6) is 0 Å². The number of nitrogens with zero attached hydrogens (tertiary/aromatic N) is 1. The summed E-state index contributed by atoms with van der Waals surface area (Å²) in [7, 11) is 2.20. The summed E-state index contributed by atoms with van der Waals surface area (Å²) < 4.78 is 0. The highest BCUT2D eigenvalue weighted by atomic mass is 15.1. The first-order valence-electron chi connectivity index (χ1n) is 5.64. The number of hydrogen-bond donors (Lipinski definition) is 1. The molecule has 1 saturated carbocycles. The van der Waals surface area contributed by atoms with Crippen LogP contribution in [0.15, 0.2) is 0 Å². The first-order chi connectivity index (χ1) is 6.16. The Balaban J connectivity index is 2.06. The van der Waals surface area contributed by atoms with Crippen LogP contribution >= 0.6 is 0 Å². The van der Waals surface area contributed by atoms with Crippen LogP contribution in [0.2, 0.25) is 0 Å². The molecule has 78 valence electrons. The molecule has 0 spiro atoms. The molecule has 2 heteroatoms. The van der Waals surface area contributed by atoms with Crippen LogP contribution in [0.25, 0.3) is 0 Å². The zero-order valence-corrected chi connectivity index (χ0v) is 9.18. The summed E-state index contributed by atoms with van der Waals surface area (Å²) >= 11 is 0. The summed E-state index contributed by atoms with van der Waals surface area (Å²) in [6.07, 6.45) is 7.77. The van der Waals surface area contributed by atoms with Crippen molar-refractivity contribution in [3.8, 4) is 0 Å². The quantitative estimate of drug-likeness (QED) is 0.640. The molecule has 2 N–H and O–H groups in total. The fourth-order valence-corrected chi connectivity index (χ4v) is 2.04. The number of nitrogens with two attached hydrogens (primary N) is 1. The normalized spacial score (nSPS) is 20.3. The van der Waals surface area contributed by atoms with Gasteiger partial charge in [0.25, 0.3) is 0 Å². The van der Waals surface area contributed by atoms with E-state index in [1.54, 1.807) is 0 Å². The summed E-state index contributed by atoms with van der Waals surface area (Å²) in [6.45, 7) is 4.56. The first-order valence-corrected chi connectivity index (χ1v) is 5.64. The van der Waals surface area contributed by atoms with E-state index in [0.29, 0.717) is 0 Å². The van der Waals surface area contributed by atoms with Crippen LogP contribution in [-0.2, 0) is 0 Å². The fraction of sp³-hybridized carbons (Fsp3) is 1.00. The van der Waals surface area contributed by atoms with Gasteiger partial charge in [0.05, 0.1) is 0 Å². The van der Waals surface area contributed by atoms with Gasteiger partial charge in [-0.3, -0.25) is 0 Å². The Hall–Kier alpha value is -0.0800. The van der Waals surface area contributed by atoms with Crippen molar-refractivity contribution in [1.82, 2.24) is 4.90 Å². The van der Waals surface area contributed by atoms with Gasteiger partial charge in [-0.1, -0.05) is 19.8 Å². The van der Waals surface area contributed by atoms with Gasteiger partial charge in [0.15, 0.2) is 0 Å². The minimum atomic E-state index is 0.168. The number of hydrogen-bond acceptors (Lipinski definition) is 2. The molecule has 0 radical (unpaired) electrons. The van der Waals surface area contributed by atoms with Crippen LogP contribution in [0.3, 0.4) is 0 Å². The molecule has 2 nitrogen and oxygen atoms in total. The Labute approximate surface area is 82.5 Å². The van der Waals surface area contributed by atoms with Crippen LogP contribution < -0.4 is 5.73 Å². The first kappa shape index (κ1) is 11.0. The number of unbranched alkanes of at least 4 members (excludes halogenated alkanes) is 2. The largest absolute Gasteiger partial charge is 0.324 e. The average Bonchev–Trinajstić information content (AvgIpc) is 2.02. The molecule has 1 rings (SSSR count). The number of likely N-dealkylation sites (N-methyl/N-ethyl adjacent to an activating group) is 1. The Bertz CT molecular complexity index is 141. The van der Waals surface area contributed by atoms with E-state index in [1.807, 2.05) is 0 Å². The molecular formula is C11H24N2. The average molecular weight is 184 g/mol. The lowest BCUT2D eigenvalue weighted by Crippen LogP contribution is -2.54. The third-order valence-electron chi connectivity index (χ3n) is 3.08. The van der Waals surface area contributed by atoms with Crippen molar-refractivity contribution >= 4 is 0 Å². The summed E-state index contributed by atoms with van der Waals surface area (Å²) in [5.41, 5.74) is 6.33. The van der Waals surface area contributed by atoms with Gasteiger partial charge in [-0.2, -0.15) is 0 Å². The smallest absolute Gasteiger partial charge is 0.0283 e. The molecule has 1 aliphatic rings. The molecule has 0 heterocycles. The topological polar surface area (TPSA) is 29.3 Å². The minimum Gasteiger partial charge on any atom is -0.324 e. The monoisotopic (exact) mass is 184 g/mol. The lowest BCUT2D eigenvalue weighted by atomic mass is 9.77. The van der Waals surface area contributed by atoms with E-state index in [1.165, 1.54) is 45.1 Å². The van der Waals surface area contributed by atoms with Crippen LogP contribution in [0, 0.1) is 0 Å². The highest BCUT2D eigenvalue weighted by Crippen LogP contribution is 2.29. The van der Waals surface area contributed by atoms with Gasteiger partial charge in [-0.25, -0.2) is 0 Å². The van der Waals surface area contributed by atoms with Crippen molar-refractivity contribution in [3.05, 3.63) is 0 Å². The molecular weight excluding hydrogens is 160 g/mol. The maximum absolute atomic E-state index is 6.17. The van der Waals surface area contributed by atoms with Gasteiger partial charge in [-0.05, 0) is 39.3 Å². The van der Waals surface area contributed by atoms with E-state index in [0.717, 1.165) is 6.54 Å². The molecule has 0 aromatic carbocycles. The molecule has 1 fully saturated rings. The molecule has 0 bridgehead atoms. The second kappa shape index (κ2) is 4.97. The second-order valence-corrected chi connectivity index (χ2v) is 4.66. The molecule has 0 saturated heterocycles. The van der Waals surface area contributed by atoms with Gasteiger partial charge < -0.3 is 10.6 Å². The van der Waals surface area contributed by atoms with E-state index < -0.39 is 0 Å². The van der Waals surface area contributed by atoms with E-state index in [4.69, 9.17) is 5.73 Å². The van der Waals surface area contributed by atoms with Crippen molar-refractivity contribution in [3.63, 3.8) is 0 Å². The zero-order valence-electron chi connectivity index (χ0n) is 9.18. The molecule has 0 unspecified atom stereocenters. The molecule has 0 aromatic heterocycles. The van der Waals surface area contributed by atoms with Crippen LogP contribution in [0.1, 0.15) is 45.4 Å². The molecule has 0 aliphatic heterocycles. The van der Waals surface area contributed by atoms with Crippen molar-refractivity contribution < 1.29 is 0 Å². The van der Waals surface area contributed by atoms with E-state index in [2.05, 4.69) is 18.9 Å². The maximum atomic E-state index is 6.17. The van der Waals surface area contributed by atoms with E-state index in [9.17, 15) is 0 Å². The second-order valence-electron chi connectivity index (χ2n) is 4.66. The summed E-state index contributed by atoms with van der Waals surface area (Å²) in [4.78, 5) is 2.40. The highest BCUT2D eigenvalue weighted by molar-refractivity contribution is 4.94. The standard InChI is InChI=1S/C11H24N2/c1-3-4-5-9-13(2)10-11(12)7-6-8-11/h3-10,12H2,1-2H3. The lowest BCUT2D eigenvalue weighted by Gasteiger charge is -2.41. The molecule has 0 amide bonds. The van der Waals surface area contributed by atoms with Crippen molar-refractivity contribution in [2.75, 3.05) is 20.1 Å². The van der Waals surface area contributed by atoms with E-state index >= 15 is 0 Å². The maximum Gasteiger partial charge on any atom is 0.0283 e. The predicted octanol–water partition coefficient (Wildman–Crippen LogP) is 1.99. The minimum absolute atomic E-state index is 0.168. The van der Waals surface area contributed by atoms with Gasteiger partial charge in [0, 0.05) is 12.1 Å².